The summed E-state index contributed by atoms with van der Waals surface area (Å²) in [5.74, 6) is -0.853. The van der Waals surface area contributed by atoms with Crippen molar-refractivity contribution in [3.63, 3.8) is 0 Å². The fraction of sp³-hybridized carbons (Fsp3) is 0.500. The minimum absolute atomic E-state index is 0.205. The second-order valence-electron chi connectivity index (χ2n) is 4.10. The number of halogens is 1. The van der Waals surface area contributed by atoms with Crippen LogP contribution in [-0.2, 0) is 21.4 Å². The van der Waals surface area contributed by atoms with Crippen molar-refractivity contribution in [2.45, 2.75) is 31.4 Å². The summed E-state index contributed by atoms with van der Waals surface area (Å²) in [5, 5.41) is 8.96. The molecule has 0 saturated carbocycles. The van der Waals surface area contributed by atoms with Crippen LogP contribution < -0.4 is 4.72 Å². The van der Waals surface area contributed by atoms with E-state index in [4.69, 9.17) is 9.84 Å². The van der Waals surface area contributed by atoms with Crippen molar-refractivity contribution in [1.82, 2.24) is 4.72 Å². The summed E-state index contributed by atoms with van der Waals surface area (Å²) < 4.78 is 45.0. The summed E-state index contributed by atoms with van der Waals surface area (Å²) in [6, 6.07) is 3.00. The first-order valence-electron chi connectivity index (χ1n) is 5.90. The molecule has 1 aromatic carbocycles. The lowest BCUT2D eigenvalue weighted by Gasteiger charge is -2.14. The Balaban J connectivity index is 2.93. The first-order chi connectivity index (χ1) is 8.90. The predicted octanol–water partition coefficient (Wildman–Crippen LogP) is 1.02. The molecule has 1 aromatic rings. The highest BCUT2D eigenvalue weighted by Gasteiger charge is 2.21. The third kappa shape index (κ3) is 4.54. The van der Waals surface area contributed by atoms with Crippen LogP contribution in [0.3, 0.4) is 0 Å². The Morgan fingerprint density at radius 2 is 2.16 bits per heavy atom. The van der Waals surface area contributed by atoms with Gasteiger partial charge in [-0.25, -0.2) is 17.5 Å². The van der Waals surface area contributed by atoms with Gasteiger partial charge in [0.1, 0.15) is 10.7 Å². The van der Waals surface area contributed by atoms with E-state index in [2.05, 4.69) is 4.72 Å². The van der Waals surface area contributed by atoms with Crippen LogP contribution >= 0.6 is 0 Å². The van der Waals surface area contributed by atoms with Gasteiger partial charge in [0.25, 0.3) is 0 Å². The van der Waals surface area contributed by atoms with Gasteiger partial charge in [0.15, 0.2) is 0 Å². The standard InChI is InChI=1S/C12H18FNO4S/c1-3-18-8-9(2)14-19(16,17)12-6-10(7-15)4-5-11(12)13/h4-6,9,14-15H,3,7-8H2,1-2H3. The number of aliphatic hydroxyl groups excluding tert-OH is 1. The highest BCUT2D eigenvalue weighted by molar-refractivity contribution is 7.89. The lowest BCUT2D eigenvalue weighted by Crippen LogP contribution is -2.36. The number of aliphatic hydroxyl groups is 1. The Labute approximate surface area is 112 Å². The van der Waals surface area contributed by atoms with E-state index in [-0.39, 0.29) is 13.2 Å². The number of benzene rings is 1. The van der Waals surface area contributed by atoms with Crippen molar-refractivity contribution in [3.05, 3.63) is 29.6 Å². The average molecular weight is 291 g/mol. The minimum Gasteiger partial charge on any atom is -0.392 e. The van der Waals surface area contributed by atoms with Gasteiger partial charge in [0.2, 0.25) is 10.0 Å². The molecule has 0 aliphatic carbocycles. The van der Waals surface area contributed by atoms with Crippen LogP contribution in [0.2, 0.25) is 0 Å². The zero-order chi connectivity index (χ0) is 14.5. The smallest absolute Gasteiger partial charge is 0.243 e. The number of nitrogens with one attached hydrogen (secondary N) is 1. The van der Waals surface area contributed by atoms with Gasteiger partial charge in [-0.15, -0.1) is 0 Å². The monoisotopic (exact) mass is 291 g/mol. The number of hydrogen-bond acceptors (Lipinski definition) is 4. The second kappa shape index (κ2) is 6.95. The first kappa shape index (κ1) is 16.0. The van der Waals surface area contributed by atoms with E-state index in [1.54, 1.807) is 13.8 Å². The van der Waals surface area contributed by atoms with Gasteiger partial charge in [0.05, 0.1) is 13.2 Å². The second-order valence-corrected chi connectivity index (χ2v) is 5.79. The molecule has 1 rings (SSSR count). The van der Waals surface area contributed by atoms with Gasteiger partial charge in [-0.2, -0.15) is 0 Å². The molecular formula is C12H18FNO4S. The number of sulfonamides is 1. The zero-order valence-corrected chi connectivity index (χ0v) is 11.7. The zero-order valence-electron chi connectivity index (χ0n) is 10.9. The molecule has 0 aromatic heterocycles. The Bertz CT molecular complexity index is 518. The van der Waals surface area contributed by atoms with Gasteiger partial charge >= 0.3 is 0 Å². The highest BCUT2D eigenvalue weighted by Crippen LogP contribution is 2.16. The van der Waals surface area contributed by atoms with Crippen molar-refractivity contribution in [2.75, 3.05) is 13.2 Å². The topological polar surface area (TPSA) is 75.6 Å². The summed E-state index contributed by atoms with van der Waals surface area (Å²) in [4.78, 5) is -0.470. The molecule has 0 spiro atoms. The molecule has 5 nitrogen and oxygen atoms in total. The van der Waals surface area contributed by atoms with E-state index >= 15 is 0 Å². The van der Waals surface area contributed by atoms with Crippen molar-refractivity contribution in [2.24, 2.45) is 0 Å². The van der Waals surface area contributed by atoms with Gasteiger partial charge in [0, 0.05) is 12.6 Å². The van der Waals surface area contributed by atoms with E-state index in [0.29, 0.717) is 12.2 Å². The van der Waals surface area contributed by atoms with Crippen LogP contribution in [0, 0.1) is 5.82 Å². The van der Waals surface area contributed by atoms with Crippen LogP contribution in [0.15, 0.2) is 23.1 Å². The third-order valence-electron chi connectivity index (χ3n) is 2.40. The number of ether oxygens (including phenoxy) is 1. The van der Waals surface area contributed by atoms with E-state index in [9.17, 15) is 12.8 Å². The molecule has 0 radical (unpaired) electrons. The average Bonchev–Trinajstić information content (AvgIpc) is 2.36. The fourth-order valence-corrected chi connectivity index (χ4v) is 2.87. The van der Waals surface area contributed by atoms with Crippen LogP contribution in [-0.4, -0.2) is 32.8 Å². The summed E-state index contributed by atoms with van der Waals surface area (Å²) >= 11 is 0. The van der Waals surface area contributed by atoms with Crippen molar-refractivity contribution in [1.29, 1.82) is 0 Å². The van der Waals surface area contributed by atoms with E-state index < -0.39 is 26.8 Å². The molecule has 1 unspecified atom stereocenters. The van der Waals surface area contributed by atoms with Crippen molar-refractivity contribution in [3.8, 4) is 0 Å². The van der Waals surface area contributed by atoms with Crippen LogP contribution in [0.5, 0.6) is 0 Å². The number of rotatable bonds is 7. The molecule has 108 valence electrons. The van der Waals surface area contributed by atoms with Gasteiger partial charge in [-0.1, -0.05) is 6.07 Å². The third-order valence-corrected chi connectivity index (χ3v) is 4.00. The molecular weight excluding hydrogens is 273 g/mol. The van der Waals surface area contributed by atoms with Crippen molar-refractivity contribution < 1.29 is 22.7 Å². The highest BCUT2D eigenvalue weighted by atomic mass is 32.2. The Morgan fingerprint density at radius 1 is 1.47 bits per heavy atom. The maximum Gasteiger partial charge on any atom is 0.243 e. The summed E-state index contributed by atoms with van der Waals surface area (Å²) in [6.07, 6.45) is 0. The molecule has 0 aliphatic rings. The van der Waals surface area contributed by atoms with Gasteiger partial charge < -0.3 is 9.84 Å². The largest absolute Gasteiger partial charge is 0.392 e. The Hall–Kier alpha value is -1.02. The maximum atomic E-state index is 13.6. The Morgan fingerprint density at radius 3 is 2.74 bits per heavy atom. The van der Waals surface area contributed by atoms with Crippen LogP contribution in [0.1, 0.15) is 19.4 Å². The summed E-state index contributed by atoms with van der Waals surface area (Å²) in [7, 11) is -3.97. The lowest BCUT2D eigenvalue weighted by atomic mass is 10.2. The maximum absolute atomic E-state index is 13.6. The quantitative estimate of drug-likeness (QED) is 0.786. The van der Waals surface area contributed by atoms with Crippen molar-refractivity contribution >= 4 is 10.0 Å². The molecule has 0 saturated heterocycles. The normalized spacial score (nSPS) is 13.5. The van der Waals surface area contributed by atoms with E-state index in [1.165, 1.54) is 6.07 Å². The molecule has 0 amide bonds. The van der Waals surface area contributed by atoms with E-state index in [1.807, 2.05) is 0 Å². The van der Waals surface area contributed by atoms with Gasteiger partial charge in [-0.05, 0) is 31.5 Å². The first-order valence-corrected chi connectivity index (χ1v) is 7.38. The molecule has 2 N–H and O–H groups in total. The van der Waals surface area contributed by atoms with Crippen LogP contribution in [0.25, 0.3) is 0 Å². The molecule has 19 heavy (non-hydrogen) atoms. The minimum atomic E-state index is -3.97. The molecule has 1 atom stereocenters. The summed E-state index contributed by atoms with van der Waals surface area (Å²) in [5.41, 5.74) is 0.333. The molecule has 0 fully saturated rings. The molecule has 7 heteroatoms. The van der Waals surface area contributed by atoms with Gasteiger partial charge in [-0.3, -0.25) is 0 Å². The number of hydrogen-bond donors (Lipinski definition) is 2. The summed E-state index contributed by atoms with van der Waals surface area (Å²) in [6.45, 7) is 3.75. The van der Waals surface area contributed by atoms with Crippen LogP contribution in [0.4, 0.5) is 4.39 Å². The molecule has 0 bridgehead atoms. The molecule has 0 heterocycles. The molecule has 0 aliphatic heterocycles. The fourth-order valence-electron chi connectivity index (χ4n) is 1.51. The lowest BCUT2D eigenvalue weighted by molar-refractivity contribution is 0.133. The van der Waals surface area contributed by atoms with E-state index in [0.717, 1.165) is 12.1 Å². The SMILES string of the molecule is CCOCC(C)NS(=O)(=O)c1cc(CO)ccc1F. The Kier molecular flexibility index (Phi) is 5.86. The predicted molar refractivity (Wildman–Crippen MR) is 68.6 cm³/mol.